The van der Waals surface area contributed by atoms with Crippen molar-refractivity contribution in [3.8, 4) is 11.5 Å². The lowest BCUT2D eigenvalue weighted by Crippen LogP contribution is -2.25. The first-order valence-electron chi connectivity index (χ1n) is 8.61. The standard InChI is InChI=1S/C21H20ClNO5/c1-11-18(14-7-5-6-8-16(14)23-11)19(24)12(2)28-21(25)13-9-15(22)20(27-4)17(10-13)26-3/h5-10,12,23H,1-4H3/t12-/m1/s1. The molecule has 0 spiro atoms. The fourth-order valence-electron chi connectivity index (χ4n) is 3.12. The summed E-state index contributed by atoms with van der Waals surface area (Å²) in [5.41, 5.74) is 2.26. The number of carbonyl (C=O) groups excluding carboxylic acids is 2. The summed E-state index contributed by atoms with van der Waals surface area (Å²) < 4.78 is 15.7. The molecule has 1 atom stereocenters. The van der Waals surface area contributed by atoms with E-state index >= 15 is 0 Å². The van der Waals surface area contributed by atoms with Gasteiger partial charge in [0.25, 0.3) is 0 Å². The molecule has 146 valence electrons. The lowest BCUT2D eigenvalue weighted by molar-refractivity contribution is 0.0318. The molecule has 0 aliphatic heterocycles. The molecule has 0 unspecified atom stereocenters. The van der Waals surface area contributed by atoms with Crippen LogP contribution in [0.5, 0.6) is 11.5 Å². The van der Waals surface area contributed by atoms with E-state index in [1.54, 1.807) is 6.92 Å². The fraction of sp³-hybridized carbons (Fsp3) is 0.238. The predicted molar refractivity (Wildman–Crippen MR) is 107 cm³/mol. The lowest BCUT2D eigenvalue weighted by atomic mass is 10.0. The highest BCUT2D eigenvalue weighted by molar-refractivity contribution is 6.32. The Morgan fingerprint density at radius 3 is 2.50 bits per heavy atom. The zero-order valence-electron chi connectivity index (χ0n) is 16.0. The number of hydrogen-bond acceptors (Lipinski definition) is 5. The minimum Gasteiger partial charge on any atom is -0.493 e. The average Bonchev–Trinajstić information content (AvgIpc) is 3.02. The van der Waals surface area contributed by atoms with Gasteiger partial charge in [0.05, 0.1) is 24.8 Å². The summed E-state index contributed by atoms with van der Waals surface area (Å²) >= 11 is 6.14. The number of Topliss-reactive ketones (excluding diaryl/α,β-unsaturated/α-hetero) is 1. The molecule has 7 heteroatoms. The minimum atomic E-state index is -0.975. The Kier molecular flexibility index (Phi) is 5.61. The largest absolute Gasteiger partial charge is 0.493 e. The number of aromatic nitrogens is 1. The third-order valence-electron chi connectivity index (χ3n) is 4.46. The van der Waals surface area contributed by atoms with Crippen LogP contribution in [0.2, 0.25) is 5.02 Å². The molecule has 3 rings (SSSR count). The van der Waals surface area contributed by atoms with E-state index in [0.717, 1.165) is 16.6 Å². The maximum atomic E-state index is 12.9. The topological polar surface area (TPSA) is 77.6 Å². The van der Waals surface area contributed by atoms with Gasteiger partial charge in [0.2, 0.25) is 5.78 Å². The van der Waals surface area contributed by atoms with Gasteiger partial charge < -0.3 is 19.2 Å². The van der Waals surface area contributed by atoms with Crippen LogP contribution < -0.4 is 9.47 Å². The highest BCUT2D eigenvalue weighted by Crippen LogP contribution is 2.36. The smallest absolute Gasteiger partial charge is 0.339 e. The lowest BCUT2D eigenvalue weighted by Gasteiger charge is -2.15. The predicted octanol–water partition coefficient (Wildman–Crippen LogP) is 4.58. The van der Waals surface area contributed by atoms with Gasteiger partial charge in [-0.2, -0.15) is 0 Å². The molecule has 1 heterocycles. The van der Waals surface area contributed by atoms with E-state index in [4.69, 9.17) is 25.8 Å². The van der Waals surface area contributed by atoms with Gasteiger partial charge in [-0.3, -0.25) is 4.79 Å². The van der Waals surface area contributed by atoms with Crippen LogP contribution in [-0.4, -0.2) is 37.1 Å². The van der Waals surface area contributed by atoms with E-state index < -0.39 is 12.1 Å². The van der Waals surface area contributed by atoms with Crippen LogP contribution in [0, 0.1) is 6.92 Å². The van der Waals surface area contributed by atoms with Gasteiger partial charge in [-0.15, -0.1) is 0 Å². The average molecular weight is 402 g/mol. The van der Waals surface area contributed by atoms with Gasteiger partial charge in [0.15, 0.2) is 17.6 Å². The van der Waals surface area contributed by atoms with Gasteiger partial charge >= 0.3 is 5.97 Å². The van der Waals surface area contributed by atoms with Crippen LogP contribution in [0.25, 0.3) is 10.9 Å². The number of fused-ring (bicyclic) bond motifs is 1. The molecule has 0 radical (unpaired) electrons. The molecule has 2 aromatic carbocycles. The highest BCUT2D eigenvalue weighted by atomic mass is 35.5. The molecule has 0 aliphatic carbocycles. The van der Waals surface area contributed by atoms with Crippen molar-refractivity contribution in [2.24, 2.45) is 0 Å². The number of ether oxygens (including phenoxy) is 3. The second-order valence-electron chi connectivity index (χ2n) is 6.28. The summed E-state index contributed by atoms with van der Waals surface area (Å²) in [4.78, 5) is 28.7. The summed E-state index contributed by atoms with van der Waals surface area (Å²) in [6.45, 7) is 3.36. The van der Waals surface area contributed by atoms with Crippen LogP contribution >= 0.6 is 11.6 Å². The molecule has 0 fully saturated rings. The van der Waals surface area contributed by atoms with Gasteiger partial charge in [0, 0.05) is 22.2 Å². The van der Waals surface area contributed by atoms with Crippen molar-refractivity contribution in [2.75, 3.05) is 14.2 Å². The molecule has 6 nitrogen and oxygen atoms in total. The molecule has 0 saturated heterocycles. The van der Waals surface area contributed by atoms with Gasteiger partial charge in [-0.05, 0) is 32.0 Å². The maximum Gasteiger partial charge on any atom is 0.339 e. The molecule has 0 aliphatic rings. The Balaban J connectivity index is 1.85. The number of benzene rings is 2. The van der Waals surface area contributed by atoms with E-state index in [0.29, 0.717) is 17.1 Å². The van der Waals surface area contributed by atoms with Crippen molar-refractivity contribution < 1.29 is 23.8 Å². The summed E-state index contributed by atoms with van der Waals surface area (Å²) in [5.74, 6) is -0.344. The number of aryl methyl sites for hydroxylation is 1. The normalized spacial score (nSPS) is 11.9. The zero-order chi connectivity index (χ0) is 20.4. The number of carbonyl (C=O) groups is 2. The molecule has 3 aromatic rings. The molecular weight excluding hydrogens is 382 g/mol. The Morgan fingerprint density at radius 1 is 1.11 bits per heavy atom. The number of halogens is 1. The SMILES string of the molecule is COc1cc(C(=O)O[C@H](C)C(=O)c2c(C)[nH]c3ccccc23)cc(Cl)c1OC. The number of H-pyrrole nitrogens is 1. The summed E-state index contributed by atoms with van der Waals surface area (Å²) in [5, 5.41) is 1.00. The Morgan fingerprint density at radius 2 is 1.82 bits per heavy atom. The van der Waals surface area contributed by atoms with Crippen molar-refractivity contribution in [2.45, 2.75) is 20.0 Å². The first-order chi connectivity index (χ1) is 13.4. The van der Waals surface area contributed by atoms with Crippen LogP contribution in [-0.2, 0) is 4.74 Å². The van der Waals surface area contributed by atoms with E-state index in [2.05, 4.69) is 4.98 Å². The van der Waals surface area contributed by atoms with Crippen molar-refractivity contribution in [3.63, 3.8) is 0 Å². The molecule has 1 aromatic heterocycles. The molecule has 0 saturated carbocycles. The Hall–Kier alpha value is -2.99. The van der Waals surface area contributed by atoms with Gasteiger partial charge in [0.1, 0.15) is 0 Å². The highest BCUT2D eigenvalue weighted by Gasteiger charge is 2.25. The monoisotopic (exact) mass is 401 g/mol. The number of hydrogen-bond donors (Lipinski definition) is 1. The van der Waals surface area contributed by atoms with E-state index in [9.17, 15) is 9.59 Å². The molecular formula is C21H20ClNO5. The number of ketones is 1. The number of rotatable bonds is 6. The first-order valence-corrected chi connectivity index (χ1v) is 8.99. The van der Waals surface area contributed by atoms with Gasteiger partial charge in [-0.25, -0.2) is 4.79 Å². The summed E-state index contributed by atoms with van der Waals surface area (Å²) in [6, 6.07) is 10.4. The van der Waals surface area contributed by atoms with E-state index in [1.165, 1.54) is 26.4 Å². The third-order valence-corrected chi connectivity index (χ3v) is 4.74. The fourth-order valence-corrected chi connectivity index (χ4v) is 3.40. The van der Waals surface area contributed by atoms with Crippen LogP contribution in [0.4, 0.5) is 0 Å². The summed E-state index contributed by atoms with van der Waals surface area (Å²) in [7, 11) is 2.89. The van der Waals surface area contributed by atoms with Crippen LogP contribution in [0.15, 0.2) is 36.4 Å². The van der Waals surface area contributed by atoms with E-state index in [1.807, 2.05) is 31.2 Å². The number of esters is 1. The first kappa shape index (κ1) is 19.8. The van der Waals surface area contributed by atoms with Crippen LogP contribution in [0.1, 0.15) is 33.3 Å². The molecule has 28 heavy (non-hydrogen) atoms. The zero-order valence-corrected chi connectivity index (χ0v) is 16.7. The number of nitrogens with one attached hydrogen (secondary N) is 1. The minimum absolute atomic E-state index is 0.165. The molecule has 0 bridgehead atoms. The second kappa shape index (κ2) is 7.94. The van der Waals surface area contributed by atoms with Crippen molar-refractivity contribution in [3.05, 3.63) is 58.2 Å². The third kappa shape index (κ3) is 3.55. The second-order valence-corrected chi connectivity index (χ2v) is 6.68. The van der Waals surface area contributed by atoms with Crippen LogP contribution in [0.3, 0.4) is 0 Å². The molecule has 0 amide bonds. The van der Waals surface area contributed by atoms with E-state index in [-0.39, 0.29) is 16.4 Å². The molecule has 1 N–H and O–H groups in total. The maximum absolute atomic E-state index is 12.9. The number of methoxy groups -OCH3 is 2. The summed E-state index contributed by atoms with van der Waals surface area (Å²) in [6.07, 6.45) is -0.975. The number of aromatic amines is 1. The van der Waals surface area contributed by atoms with Crippen molar-refractivity contribution >= 4 is 34.3 Å². The Labute approximate surface area is 167 Å². The van der Waals surface area contributed by atoms with Crippen molar-refractivity contribution in [1.82, 2.24) is 4.98 Å². The van der Waals surface area contributed by atoms with Gasteiger partial charge in [-0.1, -0.05) is 29.8 Å². The Bertz CT molecular complexity index is 1060. The number of para-hydroxylation sites is 1. The van der Waals surface area contributed by atoms with Crippen molar-refractivity contribution in [1.29, 1.82) is 0 Å². The quantitative estimate of drug-likeness (QED) is 0.483.